The summed E-state index contributed by atoms with van der Waals surface area (Å²) in [5.74, 6) is -0.562. The molecule has 0 aromatic heterocycles. The molecule has 0 saturated heterocycles. The van der Waals surface area contributed by atoms with Crippen molar-refractivity contribution in [3.8, 4) is 0 Å². The minimum atomic E-state index is -0.340. The van der Waals surface area contributed by atoms with Gasteiger partial charge in [-0.2, -0.15) is 0 Å². The van der Waals surface area contributed by atoms with Crippen LogP contribution in [0, 0.1) is 0 Å². The second kappa shape index (κ2) is 7.26. The molecule has 0 rings (SSSR count). The summed E-state index contributed by atoms with van der Waals surface area (Å²) in [6.07, 6.45) is 1.50. The molecule has 0 atom stereocenters. The van der Waals surface area contributed by atoms with Gasteiger partial charge in [0.2, 0.25) is 0 Å². The van der Waals surface area contributed by atoms with Gasteiger partial charge < -0.3 is 9.47 Å². The first-order chi connectivity index (χ1) is 6.67. The maximum Gasteiger partial charge on any atom is 0.195 e. The zero-order valence-corrected chi connectivity index (χ0v) is 8.83. The molecule has 80 valence electrons. The Hall–Kier alpha value is -1.16. The molecule has 4 nitrogen and oxygen atoms in total. The van der Waals surface area contributed by atoms with E-state index >= 15 is 0 Å². The Bertz CT molecular complexity index is 230. The summed E-state index contributed by atoms with van der Waals surface area (Å²) in [6.45, 7) is 3.82. The van der Waals surface area contributed by atoms with E-state index < -0.39 is 0 Å². The Morgan fingerprint density at radius 3 is 2.29 bits per heavy atom. The number of ether oxygens (including phenoxy) is 2. The van der Waals surface area contributed by atoms with Crippen molar-refractivity contribution in [2.45, 2.75) is 20.3 Å². The number of hydrogen-bond acceptors (Lipinski definition) is 4. The highest BCUT2D eigenvalue weighted by atomic mass is 16.5. The van der Waals surface area contributed by atoms with E-state index in [1.807, 2.05) is 0 Å². The van der Waals surface area contributed by atoms with Crippen molar-refractivity contribution >= 4 is 11.6 Å². The quantitative estimate of drug-likeness (QED) is 0.267. The third kappa shape index (κ3) is 4.18. The Morgan fingerprint density at radius 1 is 1.21 bits per heavy atom. The number of carbonyl (C=O) groups is 2. The van der Waals surface area contributed by atoms with Crippen molar-refractivity contribution in [3.05, 3.63) is 11.8 Å². The topological polar surface area (TPSA) is 52.6 Å². The Balaban J connectivity index is 4.54. The molecule has 0 fully saturated rings. The van der Waals surface area contributed by atoms with Gasteiger partial charge >= 0.3 is 0 Å². The standard InChI is InChI=1S/C10H16O4/c1-4-9(11)8(6-14-5-2)10(12)7-13-3/h6H,4-5,7H2,1-3H3. The molecule has 14 heavy (non-hydrogen) atoms. The lowest BCUT2D eigenvalue weighted by atomic mass is 10.1. The zero-order valence-electron chi connectivity index (χ0n) is 8.83. The second-order valence-electron chi connectivity index (χ2n) is 2.62. The molecule has 0 heterocycles. The molecule has 0 bridgehead atoms. The number of Topliss-reactive ketones (excluding diaryl/α,β-unsaturated/α-hetero) is 2. The lowest BCUT2D eigenvalue weighted by Gasteiger charge is -2.03. The Morgan fingerprint density at radius 2 is 1.86 bits per heavy atom. The minimum absolute atomic E-state index is 0.0798. The first kappa shape index (κ1) is 12.8. The molecular formula is C10H16O4. The summed E-state index contributed by atoms with van der Waals surface area (Å²) in [6, 6.07) is 0. The van der Waals surface area contributed by atoms with Gasteiger partial charge in [0.05, 0.1) is 18.4 Å². The van der Waals surface area contributed by atoms with Gasteiger partial charge in [0, 0.05) is 13.5 Å². The number of methoxy groups -OCH3 is 1. The molecule has 0 aromatic carbocycles. The van der Waals surface area contributed by atoms with E-state index in [-0.39, 0.29) is 30.2 Å². The predicted molar refractivity (Wildman–Crippen MR) is 51.9 cm³/mol. The van der Waals surface area contributed by atoms with Crippen molar-refractivity contribution in [2.24, 2.45) is 0 Å². The van der Waals surface area contributed by atoms with Crippen LogP contribution in [0.3, 0.4) is 0 Å². The molecule has 0 spiro atoms. The van der Waals surface area contributed by atoms with E-state index in [0.29, 0.717) is 6.61 Å². The van der Waals surface area contributed by atoms with E-state index in [2.05, 4.69) is 4.74 Å². The molecule has 0 aliphatic carbocycles. The maximum absolute atomic E-state index is 11.4. The summed E-state index contributed by atoms with van der Waals surface area (Å²) in [5, 5.41) is 0. The van der Waals surface area contributed by atoms with E-state index in [4.69, 9.17) is 4.74 Å². The van der Waals surface area contributed by atoms with Crippen molar-refractivity contribution in [3.63, 3.8) is 0 Å². The molecular weight excluding hydrogens is 184 g/mol. The summed E-state index contributed by atoms with van der Waals surface area (Å²) in [5.41, 5.74) is 0.0798. The van der Waals surface area contributed by atoms with Gasteiger partial charge in [0.15, 0.2) is 11.6 Å². The fraction of sp³-hybridized carbons (Fsp3) is 0.600. The number of hydrogen-bond donors (Lipinski definition) is 0. The molecule has 0 amide bonds. The van der Waals surface area contributed by atoms with Crippen molar-refractivity contribution in [2.75, 3.05) is 20.3 Å². The van der Waals surface area contributed by atoms with E-state index in [1.165, 1.54) is 13.4 Å². The fourth-order valence-corrected chi connectivity index (χ4v) is 0.853. The van der Waals surface area contributed by atoms with Crippen LogP contribution in [0.25, 0.3) is 0 Å². The average molecular weight is 200 g/mol. The Kier molecular flexibility index (Phi) is 6.66. The van der Waals surface area contributed by atoms with E-state index in [9.17, 15) is 9.59 Å². The largest absolute Gasteiger partial charge is 0.501 e. The number of carbonyl (C=O) groups excluding carboxylic acids is 2. The van der Waals surface area contributed by atoms with Crippen molar-refractivity contribution in [1.29, 1.82) is 0 Å². The summed E-state index contributed by atoms with van der Waals surface area (Å²) in [7, 11) is 1.41. The highest BCUT2D eigenvalue weighted by Crippen LogP contribution is 2.03. The van der Waals surface area contributed by atoms with Crippen molar-refractivity contribution < 1.29 is 19.1 Å². The van der Waals surface area contributed by atoms with Crippen LogP contribution in [-0.4, -0.2) is 31.9 Å². The minimum Gasteiger partial charge on any atom is -0.501 e. The van der Waals surface area contributed by atoms with Crippen LogP contribution in [0.5, 0.6) is 0 Å². The third-order valence-electron chi connectivity index (χ3n) is 1.57. The third-order valence-corrected chi connectivity index (χ3v) is 1.57. The van der Waals surface area contributed by atoms with Gasteiger partial charge in [-0.05, 0) is 6.92 Å². The molecule has 0 saturated carbocycles. The van der Waals surface area contributed by atoms with Gasteiger partial charge in [-0.25, -0.2) is 0 Å². The second-order valence-corrected chi connectivity index (χ2v) is 2.62. The van der Waals surface area contributed by atoms with Gasteiger partial charge in [-0.15, -0.1) is 0 Å². The first-order valence-corrected chi connectivity index (χ1v) is 4.54. The van der Waals surface area contributed by atoms with E-state index in [1.54, 1.807) is 13.8 Å². The van der Waals surface area contributed by atoms with E-state index in [0.717, 1.165) is 0 Å². The molecule has 0 aromatic rings. The van der Waals surface area contributed by atoms with Gasteiger partial charge in [-0.3, -0.25) is 9.59 Å². The monoisotopic (exact) mass is 200 g/mol. The smallest absolute Gasteiger partial charge is 0.195 e. The number of ketones is 2. The SMILES string of the molecule is CCOC=C(C(=O)CC)C(=O)COC. The highest BCUT2D eigenvalue weighted by molar-refractivity contribution is 6.20. The lowest BCUT2D eigenvalue weighted by molar-refractivity contribution is -0.123. The first-order valence-electron chi connectivity index (χ1n) is 4.54. The van der Waals surface area contributed by atoms with Crippen LogP contribution in [0.4, 0.5) is 0 Å². The molecule has 0 aliphatic heterocycles. The van der Waals surface area contributed by atoms with Gasteiger partial charge in [0.1, 0.15) is 6.61 Å². The van der Waals surface area contributed by atoms with Crippen LogP contribution in [0.1, 0.15) is 20.3 Å². The fourth-order valence-electron chi connectivity index (χ4n) is 0.853. The maximum atomic E-state index is 11.4. The highest BCUT2D eigenvalue weighted by Gasteiger charge is 2.16. The summed E-state index contributed by atoms with van der Waals surface area (Å²) in [4.78, 5) is 22.7. The van der Waals surface area contributed by atoms with Crippen LogP contribution in [-0.2, 0) is 19.1 Å². The zero-order chi connectivity index (χ0) is 11.0. The van der Waals surface area contributed by atoms with Crippen LogP contribution in [0.15, 0.2) is 11.8 Å². The summed E-state index contributed by atoms with van der Waals surface area (Å²) < 4.78 is 9.59. The van der Waals surface area contributed by atoms with Crippen molar-refractivity contribution in [1.82, 2.24) is 0 Å². The van der Waals surface area contributed by atoms with Crippen LogP contribution < -0.4 is 0 Å². The normalized spacial score (nSPS) is 11.2. The number of rotatable bonds is 7. The van der Waals surface area contributed by atoms with Crippen LogP contribution >= 0.6 is 0 Å². The van der Waals surface area contributed by atoms with Crippen LogP contribution in [0.2, 0.25) is 0 Å². The van der Waals surface area contributed by atoms with Gasteiger partial charge in [0.25, 0.3) is 0 Å². The lowest BCUT2D eigenvalue weighted by Crippen LogP contribution is -2.17. The molecule has 0 aliphatic rings. The molecule has 0 unspecified atom stereocenters. The molecule has 4 heteroatoms. The molecule has 0 N–H and O–H groups in total. The summed E-state index contributed by atoms with van der Waals surface area (Å²) >= 11 is 0. The predicted octanol–water partition coefficient (Wildman–Crippen LogP) is 1.10. The Labute approximate surface area is 83.9 Å². The average Bonchev–Trinajstić information content (AvgIpc) is 2.18. The molecule has 0 radical (unpaired) electrons. The van der Waals surface area contributed by atoms with Gasteiger partial charge in [-0.1, -0.05) is 6.92 Å².